The van der Waals surface area contributed by atoms with Crippen molar-refractivity contribution in [2.24, 2.45) is 5.41 Å². The average Bonchev–Trinajstić information content (AvgIpc) is 3.55. The maximum atomic E-state index is 10.00. The molecule has 1 fully saturated rings. The minimum Gasteiger partial charge on any atom is -0.488 e. The maximum Gasteiger partial charge on any atom is 0.141 e. The first-order valence-electron chi connectivity index (χ1n) is 18.0. The second-order valence-corrected chi connectivity index (χ2v) is 15.3. The van der Waals surface area contributed by atoms with Gasteiger partial charge in [-0.25, -0.2) is 0 Å². The quantitative estimate of drug-likeness (QED) is 0.115. The second-order valence-electron chi connectivity index (χ2n) is 14.9. The van der Waals surface area contributed by atoms with Crippen molar-refractivity contribution in [3.05, 3.63) is 112 Å². The third-order valence-corrected chi connectivity index (χ3v) is 10.9. The zero-order valence-corrected chi connectivity index (χ0v) is 31.5. The standard InChI is InChI=1S/C42H55ClN2O6/c1-30-14-15-32(21-31(30)2)26-49-38-23-39(37(43)22-34(38)24-44-41(5,27-46)28-47)50-29-42(51-20-10-18-45-19-16-35(48)25-45)17-9-13-36(40(42,3)4)33-11-7-6-8-12-33/h6-9,11-15,17,21-23,35,44,46-48H,10,16,18-20,24-29H2,1-5H3/t35?,42-/m0/s1. The Bertz CT molecular complexity index is 1670. The fraction of sp³-hybridized carbons (Fsp3) is 0.476. The van der Waals surface area contributed by atoms with Gasteiger partial charge in [-0.1, -0.05) is 86.1 Å². The van der Waals surface area contributed by atoms with Crippen molar-refractivity contribution >= 4 is 17.2 Å². The molecule has 1 unspecified atom stereocenters. The Balaban J connectivity index is 1.41. The van der Waals surface area contributed by atoms with Crippen LogP contribution in [0.1, 0.15) is 61.4 Å². The Morgan fingerprint density at radius 1 is 0.980 bits per heavy atom. The second kappa shape index (κ2) is 17.1. The molecule has 9 heteroatoms. The minimum absolute atomic E-state index is 0.199. The Labute approximate surface area is 308 Å². The maximum absolute atomic E-state index is 10.00. The molecule has 0 spiro atoms. The molecule has 2 aliphatic rings. The van der Waals surface area contributed by atoms with Gasteiger partial charge in [0.05, 0.1) is 29.9 Å². The van der Waals surface area contributed by atoms with Crippen LogP contribution >= 0.6 is 11.6 Å². The molecule has 0 saturated carbocycles. The van der Waals surface area contributed by atoms with Crippen LogP contribution in [-0.2, 0) is 17.9 Å². The summed E-state index contributed by atoms with van der Waals surface area (Å²) in [6.07, 6.45) is 7.70. The van der Waals surface area contributed by atoms with E-state index < -0.39 is 16.6 Å². The molecule has 1 aliphatic heterocycles. The monoisotopic (exact) mass is 718 g/mol. The lowest BCUT2D eigenvalue weighted by atomic mass is 9.65. The predicted octanol–water partition coefficient (Wildman–Crippen LogP) is 6.64. The predicted molar refractivity (Wildman–Crippen MR) is 204 cm³/mol. The number of β-amino-alcohol motifs (C(OH)–C–C–N with tert-alkyl or cyclic N) is 1. The van der Waals surface area contributed by atoms with E-state index in [4.69, 9.17) is 25.8 Å². The summed E-state index contributed by atoms with van der Waals surface area (Å²) < 4.78 is 20.0. The molecule has 1 heterocycles. The molecular weight excluding hydrogens is 664 g/mol. The van der Waals surface area contributed by atoms with Crippen LogP contribution in [0.25, 0.3) is 5.57 Å². The Kier molecular flexibility index (Phi) is 13.1. The van der Waals surface area contributed by atoms with Gasteiger partial charge in [-0.15, -0.1) is 0 Å². The van der Waals surface area contributed by atoms with Crippen molar-refractivity contribution in [1.29, 1.82) is 0 Å². The van der Waals surface area contributed by atoms with Gasteiger partial charge < -0.3 is 39.7 Å². The molecule has 51 heavy (non-hydrogen) atoms. The summed E-state index contributed by atoms with van der Waals surface area (Å²) in [5.41, 5.74) is 4.30. The van der Waals surface area contributed by atoms with E-state index in [2.05, 4.69) is 86.5 Å². The lowest BCUT2D eigenvalue weighted by molar-refractivity contribution is -0.0926. The van der Waals surface area contributed by atoms with Gasteiger partial charge in [-0.05, 0) is 73.6 Å². The summed E-state index contributed by atoms with van der Waals surface area (Å²) in [5, 5.41) is 33.5. The van der Waals surface area contributed by atoms with Gasteiger partial charge in [-0.2, -0.15) is 0 Å². The van der Waals surface area contributed by atoms with Crippen LogP contribution < -0.4 is 14.8 Å². The number of benzene rings is 3. The topological polar surface area (TPSA) is 104 Å². The number of rotatable bonds is 17. The highest BCUT2D eigenvalue weighted by molar-refractivity contribution is 6.32. The summed E-state index contributed by atoms with van der Waals surface area (Å²) in [7, 11) is 0. The van der Waals surface area contributed by atoms with E-state index in [1.165, 1.54) is 11.1 Å². The molecule has 0 bridgehead atoms. The number of aryl methyl sites for hydroxylation is 2. The molecule has 276 valence electrons. The largest absolute Gasteiger partial charge is 0.488 e. The smallest absolute Gasteiger partial charge is 0.141 e. The van der Waals surface area contributed by atoms with E-state index in [0.29, 0.717) is 42.8 Å². The van der Waals surface area contributed by atoms with E-state index in [9.17, 15) is 15.3 Å². The lowest BCUT2D eigenvalue weighted by Gasteiger charge is -2.47. The first kappa shape index (κ1) is 39.0. The number of aliphatic hydroxyl groups is 3. The summed E-state index contributed by atoms with van der Waals surface area (Å²) in [4.78, 5) is 2.29. The van der Waals surface area contributed by atoms with E-state index in [0.717, 1.165) is 48.2 Å². The molecule has 8 nitrogen and oxygen atoms in total. The van der Waals surface area contributed by atoms with Crippen molar-refractivity contribution < 1.29 is 29.5 Å². The highest BCUT2D eigenvalue weighted by Crippen LogP contribution is 2.49. The average molecular weight is 719 g/mol. The summed E-state index contributed by atoms with van der Waals surface area (Å²) in [6, 6.07) is 20.3. The van der Waals surface area contributed by atoms with Crippen molar-refractivity contribution in [3.63, 3.8) is 0 Å². The summed E-state index contributed by atoms with van der Waals surface area (Å²) in [6.45, 7) is 13.7. The molecule has 2 atom stereocenters. The van der Waals surface area contributed by atoms with Crippen molar-refractivity contribution in [1.82, 2.24) is 10.2 Å². The Hall–Kier alpha value is -3.21. The van der Waals surface area contributed by atoms with Gasteiger partial charge in [-0.3, -0.25) is 0 Å². The summed E-state index contributed by atoms with van der Waals surface area (Å²) >= 11 is 6.94. The fourth-order valence-corrected chi connectivity index (χ4v) is 6.99. The van der Waals surface area contributed by atoms with Crippen LogP contribution in [0.2, 0.25) is 5.02 Å². The fourth-order valence-electron chi connectivity index (χ4n) is 6.74. The summed E-state index contributed by atoms with van der Waals surface area (Å²) in [5.74, 6) is 1.06. The van der Waals surface area contributed by atoms with Crippen molar-refractivity contribution in [2.75, 3.05) is 46.1 Å². The molecule has 0 radical (unpaired) electrons. The van der Waals surface area contributed by atoms with Gasteiger partial charge in [0.15, 0.2) is 0 Å². The third kappa shape index (κ3) is 9.43. The number of halogens is 1. The van der Waals surface area contributed by atoms with Gasteiger partial charge >= 0.3 is 0 Å². The Morgan fingerprint density at radius 2 is 1.75 bits per heavy atom. The van der Waals surface area contributed by atoms with Gasteiger partial charge in [0, 0.05) is 49.8 Å². The normalized spacial score (nSPS) is 20.4. The number of aliphatic hydroxyl groups excluding tert-OH is 3. The molecule has 5 rings (SSSR count). The van der Waals surface area contributed by atoms with E-state index in [-0.39, 0.29) is 25.9 Å². The molecule has 3 aromatic rings. The zero-order valence-electron chi connectivity index (χ0n) is 30.8. The number of ether oxygens (including phenoxy) is 3. The van der Waals surface area contributed by atoms with E-state index >= 15 is 0 Å². The van der Waals surface area contributed by atoms with Gasteiger partial charge in [0.2, 0.25) is 0 Å². The zero-order chi connectivity index (χ0) is 36.6. The molecular formula is C42H55ClN2O6. The first-order valence-corrected chi connectivity index (χ1v) is 18.4. The van der Waals surface area contributed by atoms with Crippen LogP contribution in [0.3, 0.4) is 0 Å². The highest BCUT2D eigenvalue weighted by atomic mass is 35.5. The number of nitrogens with one attached hydrogen (secondary N) is 1. The van der Waals surface area contributed by atoms with Crippen LogP contribution in [-0.4, -0.2) is 83.5 Å². The molecule has 0 amide bonds. The number of likely N-dealkylation sites (tertiary alicyclic amines) is 1. The van der Waals surface area contributed by atoms with Crippen LogP contribution in [0.5, 0.6) is 11.5 Å². The Morgan fingerprint density at radius 3 is 2.43 bits per heavy atom. The number of hydrogen-bond acceptors (Lipinski definition) is 8. The highest BCUT2D eigenvalue weighted by Gasteiger charge is 2.49. The third-order valence-electron chi connectivity index (χ3n) is 10.6. The van der Waals surface area contributed by atoms with Crippen molar-refractivity contribution in [3.8, 4) is 11.5 Å². The minimum atomic E-state index is -0.881. The van der Waals surface area contributed by atoms with Crippen molar-refractivity contribution in [2.45, 2.75) is 77.9 Å². The SMILES string of the molecule is Cc1ccc(COc2cc(OC[C@@]3(OCCCN4CCC(O)C4)C=CC=C(c4ccccc4)C3(C)C)c(Cl)cc2CNC(C)(CO)CO)cc1C. The molecule has 0 aromatic heterocycles. The van der Waals surface area contributed by atoms with E-state index in [1.807, 2.05) is 30.3 Å². The molecule has 1 aliphatic carbocycles. The van der Waals surface area contributed by atoms with Gasteiger partial charge in [0.25, 0.3) is 0 Å². The van der Waals surface area contributed by atoms with Crippen LogP contribution in [0.4, 0.5) is 0 Å². The number of nitrogens with zero attached hydrogens (tertiary/aromatic N) is 1. The molecule has 1 saturated heterocycles. The first-order chi connectivity index (χ1) is 24.4. The number of hydrogen-bond donors (Lipinski definition) is 4. The lowest BCUT2D eigenvalue weighted by Crippen LogP contribution is -2.52. The number of allylic oxidation sites excluding steroid dienone is 2. The molecule has 4 N–H and O–H groups in total. The van der Waals surface area contributed by atoms with Crippen LogP contribution in [0.15, 0.2) is 78.9 Å². The molecule has 3 aromatic carbocycles. The van der Waals surface area contributed by atoms with Crippen LogP contribution in [0, 0.1) is 19.3 Å². The van der Waals surface area contributed by atoms with Gasteiger partial charge in [0.1, 0.15) is 30.3 Å². The van der Waals surface area contributed by atoms with E-state index in [1.54, 1.807) is 6.92 Å².